The molecular formula is C16H24N2O2. The zero-order valence-corrected chi connectivity index (χ0v) is 12.8. The number of carbonyl (C=O) groups excluding carboxylic acids is 1. The zero-order chi connectivity index (χ0) is 14.7. The van der Waals surface area contributed by atoms with Gasteiger partial charge in [0.05, 0.1) is 7.11 Å². The van der Waals surface area contributed by atoms with Gasteiger partial charge in [0.15, 0.2) is 5.78 Å². The molecule has 2 unspecified atom stereocenters. The second-order valence-electron chi connectivity index (χ2n) is 5.61. The number of ether oxygens (including phenoxy) is 1. The van der Waals surface area contributed by atoms with Gasteiger partial charge in [0.2, 0.25) is 0 Å². The van der Waals surface area contributed by atoms with Gasteiger partial charge in [0.25, 0.3) is 0 Å². The minimum Gasteiger partial charge on any atom is -0.496 e. The van der Waals surface area contributed by atoms with Crippen molar-refractivity contribution in [2.75, 3.05) is 20.2 Å². The maximum Gasteiger partial charge on any atom is 0.159 e. The molecular weight excluding hydrogens is 252 g/mol. The standard InChI is InChI=1S/C16H24N2O2/c1-11-8-17-9-12(2)18(11)10-15-7-14(13(3)19)5-6-16(15)20-4/h5-7,11-12,17H,8-10H2,1-4H3. The van der Waals surface area contributed by atoms with Crippen LogP contribution in [-0.2, 0) is 6.54 Å². The van der Waals surface area contributed by atoms with E-state index in [1.165, 1.54) is 0 Å². The highest BCUT2D eigenvalue weighted by molar-refractivity contribution is 5.94. The van der Waals surface area contributed by atoms with Gasteiger partial charge >= 0.3 is 0 Å². The van der Waals surface area contributed by atoms with E-state index in [0.29, 0.717) is 12.1 Å². The quantitative estimate of drug-likeness (QED) is 0.855. The number of hydrogen-bond acceptors (Lipinski definition) is 4. The molecule has 110 valence electrons. The average Bonchev–Trinajstić information content (AvgIpc) is 2.42. The molecule has 0 spiro atoms. The van der Waals surface area contributed by atoms with Crippen LogP contribution in [-0.4, -0.2) is 43.0 Å². The van der Waals surface area contributed by atoms with Gasteiger partial charge in [0, 0.05) is 42.8 Å². The first-order valence-corrected chi connectivity index (χ1v) is 7.17. The molecule has 1 aliphatic heterocycles. The Labute approximate surface area is 121 Å². The minimum atomic E-state index is 0.0929. The molecule has 1 aliphatic rings. The third-order valence-electron chi connectivity index (χ3n) is 4.05. The Hall–Kier alpha value is -1.39. The molecule has 1 heterocycles. The lowest BCUT2D eigenvalue weighted by Crippen LogP contribution is -2.54. The maximum absolute atomic E-state index is 11.6. The molecule has 0 aliphatic carbocycles. The van der Waals surface area contributed by atoms with Gasteiger partial charge < -0.3 is 10.1 Å². The van der Waals surface area contributed by atoms with Gasteiger partial charge in [-0.25, -0.2) is 0 Å². The molecule has 2 rings (SSSR count). The molecule has 0 aromatic heterocycles. The van der Waals surface area contributed by atoms with Crippen molar-refractivity contribution in [2.45, 2.75) is 39.4 Å². The first-order valence-electron chi connectivity index (χ1n) is 7.17. The van der Waals surface area contributed by atoms with Crippen LogP contribution in [0.15, 0.2) is 18.2 Å². The predicted molar refractivity (Wildman–Crippen MR) is 80.3 cm³/mol. The van der Waals surface area contributed by atoms with Crippen molar-refractivity contribution in [3.63, 3.8) is 0 Å². The van der Waals surface area contributed by atoms with Crippen LogP contribution in [0.4, 0.5) is 0 Å². The normalized spacial score (nSPS) is 23.6. The van der Waals surface area contributed by atoms with Crippen LogP contribution in [0.25, 0.3) is 0 Å². The number of nitrogens with zero attached hydrogens (tertiary/aromatic N) is 1. The Balaban J connectivity index is 2.26. The number of Topliss-reactive ketones (excluding diaryl/α,β-unsaturated/α-hetero) is 1. The third-order valence-corrected chi connectivity index (χ3v) is 4.05. The number of hydrogen-bond donors (Lipinski definition) is 1. The van der Waals surface area contributed by atoms with E-state index in [9.17, 15) is 4.79 Å². The van der Waals surface area contributed by atoms with E-state index >= 15 is 0 Å². The van der Waals surface area contributed by atoms with Crippen molar-refractivity contribution >= 4 is 5.78 Å². The second-order valence-corrected chi connectivity index (χ2v) is 5.61. The largest absolute Gasteiger partial charge is 0.496 e. The monoisotopic (exact) mass is 276 g/mol. The third kappa shape index (κ3) is 3.19. The summed E-state index contributed by atoms with van der Waals surface area (Å²) >= 11 is 0. The SMILES string of the molecule is COc1ccc(C(C)=O)cc1CN1C(C)CNCC1C. The summed E-state index contributed by atoms with van der Waals surface area (Å²) in [5.41, 5.74) is 1.83. The molecule has 0 saturated carbocycles. The summed E-state index contributed by atoms with van der Waals surface area (Å²) in [4.78, 5) is 14.0. The van der Waals surface area contributed by atoms with Crippen LogP contribution in [0.1, 0.15) is 36.7 Å². The smallest absolute Gasteiger partial charge is 0.159 e. The van der Waals surface area contributed by atoms with E-state index in [1.54, 1.807) is 14.0 Å². The van der Waals surface area contributed by atoms with Crippen molar-refractivity contribution in [1.29, 1.82) is 0 Å². The number of ketones is 1. The fourth-order valence-electron chi connectivity index (χ4n) is 2.80. The molecule has 2 atom stereocenters. The summed E-state index contributed by atoms with van der Waals surface area (Å²) in [5.74, 6) is 0.947. The molecule has 4 nitrogen and oxygen atoms in total. The van der Waals surface area contributed by atoms with E-state index in [-0.39, 0.29) is 5.78 Å². The van der Waals surface area contributed by atoms with Crippen LogP contribution in [0.3, 0.4) is 0 Å². The van der Waals surface area contributed by atoms with E-state index in [2.05, 4.69) is 24.1 Å². The zero-order valence-electron chi connectivity index (χ0n) is 12.8. The van der Waals surface area contributed by atoms with E-state index in [0.717, 1.165) is 36.5 Å². The van der Waals surface area contributed by atoms with Crippen LogP contribution in [0.5, 0.6) is 5.75 Å². The summed E-state index contributed by atoms with van der Waals surface area (Å²) in [6, 6.07) is 6.63. The highest BCUT2D eigenvalue weighted by Gasteiger charge is 2.25. The Morgan fingerprint density at radius 2 is 2.00 bits per heavy atom. The molecule has 20 heavy (non-hydrogen) atoms. The van der Waals surface area contributed by atoms with Crippen LogP contribution >= 0.6 is 0 Å². The van der Waals surface area contributed by atoms with Gasteiger partial charge in [-0.15, -0.1) is 0 Å². The first-order chi connectivity index (χ1) is 9.52. The lowest BCUT2D eigenvalue weighted by molar-refractivity contribution is 0.101. The maximum atomic E-state index is 11.6. The van der Waals surface area contributed by atoms with Crippen LogP contribution < -0.4 is 10.1 Å². The molecule has 0 bridgehead atoms. The average molecular weight is 276 g/mol. The summed E-state index contributed by atoms with van der Waals surface area (Å²) in [6.07, 6.45) is 0. The lowest BCUT2D eigenvalue weighted by atomic mass is 10.0. The molecule has 1 aromatic carbocycles. The van der Waals surface area contributed by atoms with E-state index in [1.807, 2.05) is 18.2 Å². The topological polar surface area (TPSA) is 41.6 Å². The summed E-state index contributed by atoms with van der Waals surface area (Å²) < 4.78 is 5.44. The predicted octanol–water partition coefficient (Wildman–Crippen LogP) is 2.08. The fraction of sp³-hybridized carbons (Fsp3) is 0.562. The number of piperazine rings is 1. The molecule has 1 fully saturated rings. The number of carbonyl (C=O) groups is 1. The van der Waals surface area contributed by atoms with Gasteiger partial charge in [0.1, 0.15) is 5.75 Å². The number of methoxy groups -OCH3 is 1. The van der Waals surface area contributed by atoms with Crippen molar-refractivity contribution in [3.8, 4) is 5.75 Å². The summed E-state index contributed by atoms with van der Waals surface area (Å²) in [7, 11) is 1.68. The molecule has 0 amide bonds. The van der Waals surface area contributed by atoms with Gasteiger partial charge in [-0.2, -0.15) is 0 Å². The lowest BCUT2D eigenvalue weighted by Gasteiger charge is -2.39. The van der Waals surface area contributed by atoms with Crippen LogP contribution in [0, 0.1) is 0 Å². The molecule has 1 N–H and O–H groups in total. The summed E-state index contributed by atoms with van der Waals surface area (Å²) in [6.45, 7) is 8.86. The molecule has 0 radical (unpaired) electrons. The number of nitrogens with one attached hydrogen (secondary N) is 1. The molecule has 1 saturated heterocycles. The van der Waals surface area contributed by atoms with Crippen LogP contribution in [0.2, 0.25) is 0 Å². The van der Waals surface area contributed by atoms with Crippen molar-refractivity contribution in [3.05, 3.63) is 29.3 Å². The van der Waals surface area contributed by atoms with E-state index in [4.69, 9.17) is 4.74 Å². The van der Waals surface area contributed by atoms with Crippen molar-refractivity contribution in [2.24, 2.45) is 0 Å². The fourth-order valence-corrected chi connectivity index (χ4v) is 2.80. The molecule has 4 heteroatoms. The minimum absolute atomic E-state index is 0.0929. The van der Waals surface area contributed by atoms with Crippen molar-refractivity contribution < 1.29 is 9.53 Å². The second kappa shape index (κ2) is 6.37. The highest BCUT2D eigenvalue weighted by atomic mass is 16.5. The number of benzene rings is 1. The van der Waals surface area contributed by atoms with Gasteiger partial charge in [-0.05, 0) is 39.0 Å². The first kappa shape index (κ1) is 15.0. The van der Waals surface area contributed by atoms with Gasteiger partial charge in [-0.1, -0.05) is 0 Å². The molecule has 1 aromatic rings. The Bertz CT molecular complexity index is 477. The Kier molecular flexibility index (Phi) is 4.78. The van der Waals surface area contributed by atoms with Gasteiger partial charge in [-0.3, -0.25) is 9.69 Å². The summed E-state index contributed by atoms with van der Waals surface area (Å²) in [5, 5.41) is 3.43. The number of rotatable bonds is 4. The van der Waals surface area contributed by atoms with E-state index < -0.39 is 0 Å². The van der Waals surface area contributed by atoms with Crippen molar-refractivity contribution in [1.82, 2.24) is 10.2 Å². The Morgan fingerprint density at radius 3 is 2.55 bits per heavy atom. The highest BCUT2D eigenvalue weighted by Crippen LogP contribution is 2.24. The Morgan fingerprint density at radius 1 is 1.35 bits per heavy atom.